The molecule has 100 valence electrons. The number of aromatic nitrogens is 2. The van der Waals surface area contributed by atoms with E-state index < -0.39 is 5.97 Å². The van der Waals surface area contributed by atoms with Gasteiger partial charge in [0.15, 0.2) is 0 Å². The van der Waals surface area contributed by atoms with Gasteiger partial charge in [-0.3, -0.25) is 0 Å². The first kappa shape index (κ1) is 12.4. The van der Waals surface area contributed by atoms with Crippen molar-refractivity contribution in [2.75, 3.05) is 7.11 Å². The van der Waals surface area contributed by atoms with E-state index in [0.29, 0.717) is 17.0 Å². The Morgan fingerprint density at radius 2 is 2.25 bits per heavy atom. The van der Waals surface area contributed by atoms with Crippen LogP contribution in [0, 0.1) is 11.3 Å². The standard InChI is InChI=1S/C14H11N3O3/c1-19-14(18)13-17-16-12(20-13)11-6-8(7-15)2-5-10(11)9-3-4-9/h2,5-6,9H,3-4H2,1H3. The molecule has 1 aromatic carbocycles. The summed E-state index contributed by atoms with van der Waals surface area (Å²) >= 11 is 0. The molecule has 1 aromatic heterocycles. The Morgan fingerprint density at radius 3 is 2.90 bits per heavy atom. The summed E-state index contributed by atoms with van der Waals surface area (Å²) in [6.45, 7) is 0. The average molecular weight is 269 g/mol. The van der Waals surface area contributed by atoms with E-state index in [1.807, 2.05) is 6.07 Å². The Hall–Kier alpha value is -2.68. The largest absolute Gasteiger partial charge is 0.462 e. The van der Waals surface area contributed by atoms with Crippen molar-refractivity contribution in [2.45, 2.75) is 18.8 Å². The minimum absolute atomic E-state index is 0.188. The Kier molecular flexibility index (Phi) is 2.95. The number of hydrogen-bond acceptors (Lipinski definition) is 6. The summed E-state index contributed by atoms with van der Waals surface area (Å²) in [5.41, 5.74) is 2.31. The molecule has 0 aliphatic heterocycles. The molecular formula is C14H11N3O3. The van der Waals surface area contributed by atoms with Crippen LogP contribution in [0.2, 0.25) is 0 Å². The van der Waals surface area contributed by atoms with E-state index in [0.717, 1.165) is 18.4 Å². The molecule has 1 fully saturated rings. The first-order valence-corrected chi connectivity index (χ1v) is 6.19. The zero-order valence-electron chi connectivity index (χ0n) is 10.8. The van der Waals surface area contributed by atoms with Gasteiger partial charge in [-0.2, -0.15) is 5.26 Å². The second-order valence-electron chi connectivity index (χ2n) is 4.59. The molecule has 0 amide bonds. The van der Waals surface area contributed by atoms with Gasteiger partial charge in [0.25, 0.3) is 0 Å². The first-order chi connectivity index (χ1) is 9.72. The van der Waals surface area contributed by atoms with Gasteiger partial charge in [0.1, 0.15) is 0 Å². The second-order valence-corrected chi connectivity index (χ2v) is 4.59. The number of esters is 1. The maximum Gasteiger partial charge on any atom is 0.396 e. The van der Waals surface area contributed by atoms with Gasteiger partial charge in [0.2, 0.25) is 5.89 Å². The highest BCUT2D eigenvalue weighted by Gasteiger charge is 2.28. The van der Waals surface area contributed by atoms with Gasteiger partial charge in [0, 0.05) is 5.56 Å². The van der Waals surface area contributed by atoms with E-state index >= 15 is 0 Å². The van der Waals surface area contributed by atoms with Crippen molar-refractivity contribution < 1.29 is 13.9 Å². The van der Waals surface area contributed by atoms with Crippen LogP contribution in [-0.2, 0) is 4.74 Å². The van der Waals surface area contributed by atoms with E-state index in [9.17, 15) is 4.79 Å². The van der Waals surface area contributed by atoms with Gasteiger partial charge in [-0.15, -0.1) is 10.2 Å². The van der Waals surface area contributed by atoms with Crippen LogP contribution < -0.4 is 0 Å². The minimum atomic E-state index is -0.673. The van der Waals surface area contributed by atoms with Crippen LogP contribution in [0.3, 0.4) is 0 Å². The molecule has 0 saturated heterocycles. The van der Waals surface area contributed by atoms with Crippen molar-refractivity contribution in [3.05, 3.63) is 35.2 Å². The second kappa shape index (κ2) is 4.78. The summed E-state index contributed by atoms with van der Waals surface area (Å²) in [5.74, 6) is -0.157. The van der Waals surface area contributed by atoms with E-state index in [4.69, 9.17) is 9.68 Å². The quantitative estimate of drug-likeness (QED) is 0.794. The van der Waals surface area contributed by atoms with Gasteiger partial charge in [0.05, 0.1) is 18.7 Å². The normalized spacial score (nSPS) is 13.8. The molecule has 6 heteroatoms. The van der Waals surface area contributed by atoms with Crippen LogP contribution in [-0.4, -0.2) is 23.3 Å². The number of carbonyl (C=O) groups is 1. The van der Waals surface area contributed by atoms with E-state index in [-0.39, 0.29) is 11.8 Å². The number of hydrogen-bond donors (Lipinski definition) is 0. The number of carbonyl (C=O) groups excluding carboxylic acids is 1. The van der Waals surface area contributed by atoms with Crippen LogP contribution in [0.25, 0.3) is 11.5 Å². The van der Waals surface area contributed by atoms with Crippen molar-refractivity contribution in [2.24, 2.45) is 0 Å². The van der Waals surface area contributed by atoms with Crippen LogP contribution >= 0.6 is 0 Å². The van der Waals surface area contributed by atoms with E-state index in [1.54, 1.807) is 12.1 Å². The van der Waals surface area contributed by atoms with Gasteiger partial charge in [-0.25, -0.2) is 4.79 Å². The van der Waals surface area contributed by atoms with Crippen LogP contribution in [0.15, 0.2) is 22.6 Å². The third-order valence-corrected chi connectivity index (χ3v) is 3.21. The van der Waals surface area contributed by atoms with Crippen LogP contribution in [0.4, 0.5) is 0 Å². The number of benzene rings is 1. The molecule has 0 radical (unpaired) electrons. The zero-order chi connectivity index (χ0) is 14.1. The molecule has 2 aromatic rings. The number of ether oxygens (including phenoxy) is 1. The molecular weight excluding hydrogens is 258 g/mol. The maximum absolute atomic E-state index is 11.3. The highest BCUT2D eigenvalue weighted by Crippen LogP contribution is 2.44. The lowest BCUT2D eigenvalue weighted by molar-refractivity contribution is 0.0556. The van der Waals surface area contributed by atoms with Gasteiger partial charge in [-0.05, 0) is 36.5 Å². The van der Waals surface area contributed by atoms with Crippen molar-refractivity contribution >= 4 is 5.97 Å². The van der Waals surface area contributed by atoms with Crippen molar-refractivity contribution in [3.63, 3.8) is 0 Å². The summed E-state index contributed by atoms with van der Waals surface area (Å²) in [6.07, 6.45) is 2.22. The van der Waals surface area contributed by atoms with E-state index in [2.05, 4.69) is 21.0 Å². The number of nitrogens with zero attached hydrogens (tertiary/aromatic N) is 3. The molecule has 0 unspecified atom stereocenters. The molecule has 3 rings (SSSR count). The topological polar surface area (TPSA) is 89.0 Å². The summed E-state index contributed by atoms with van der Waals surface area (Å²) in [4.78, 5) is 11.3. The predicted octanol–water partition coefficient (Wildman–Crippen LogP) is 2.27. The van der Waals surface area contributed by atoms with Crippen LogP contribution in [0.5, 0.6) is 0 Å². The summed E-state index contributed by atoms with van der Waals surface area (Å²) in [6, 6.07) is 7.48. The fourth-order valence-corrected chi connectivity index (χ4v) is 2.06. The highest BCUT2D eigenvalue weighted by atomic mass is 16.5. The molecule has 20 heavy (non-hydrogen) atoms. The Bertz CT molecular complexity index is 711. The molecule has 0 spiro atoms. The van der Waals surface area contributed by atoms with Gasteiger partial charge < -0.3 is 9.15 Å². The summed E-state index contributed by atoms with van der Waals surface area (Å²) < 4.78 is 9.87. The predicted molar refractivity (Wildman–Crippen MR) is 67.8 cm³/mol. The number of rotatable bonds is 3. The molecule has 0 bridgehead atoms. The molecule has 0 N–H and O–H groups in total. The first-order valence-electron chi connectivity index (χ1n) is 6.19. The summed E-state index contributed by atoms with van der Waals surface area (Å²) in [5, 5.41) is 16.5. The van der Waals surface area contributed by atoms with Crippen molar-refractivity contribution in [1.29, 1.82) is 5.26 Å². The number of methoxy groups -OCH3 is 1. The summed E-state index contributed by atoms with van der Waals surface area (Å²) in [7, 11) is 1.25. The lowest BCUT2D eigenvalue weighted by Gasteiger charge is -2.04. The molecule has 1 aliphatic rings. The zero-order valence-corrected chi connectivity index (χ0v) is 10.8. The van der Waals surface area contributed by atoms with Gasteiger partial charge in [-0.1, -0.05) is 6.07 Å². The van der Waals surface area contributed by atoms with Crippen molar-refractivity contribution in [3.8, 4) is 17.5 Å². The molecule has 0 atom stereocenters. The third-order valence-electron chi connectivity index (χ3n) is 3.21. The third kappa shape index (κ3) is 2.14. The fourth-order valence-electron chi connectivity index (χ4n) is 2.06. The van der Waals surface area contributed by atoms with E-state index in [1.165, 1.54) is 7.11 Å². The van der Waals surface area contributed by atoms with Crippen molar-refractivity contribution in [1.82, 2.24) is 10.2 Å². The Morgan fingerprint density at radius 1 is 1.45 bits per heavy atom. The highest BCUT2D eigenvalue weighted by molar-refractivity contribution is 5.84. The maximum atomic E-state index is 11.3. The average Bonchev–Trinajstić information content (AvgIpc) is 3.22. The smallest absolute Gasteiger partial charge is 0.396 e. The number of nitriles is 1. The monoisotopic (exact) mass is 269 g/mol. The SMILES string of the molecule is COC(=O)c1nnc(-c2cc(C#N)ccc2C2CC2)o1. The molecule has 1 saturated carbocycles. The lowest BCUT2D eigenvalue weighted by Crippen LogP contribution is -2.00. The fraction of sp³-hybridized carbons (Fsp3) is 0.286. The minimum Gasteiger partial charge on any atom is -0.462 e. The van der Waals surface area contributed by atoms with Crippen LogP contribution in [0.1, 0.15) is 40.6 Å². The Labute approximate surface area is 115 Å². The molecule has 6 nitrogen and oxygen atoms in total. The van der Waals surface area contributed by atoms with Gasteiger partial charge >= 0.3 is 11.9 Å². The molecule has 1 aliphatic carbocycles. The lowest BCUT2D eigenvalue weighted by atomic mass is 10.0. The molecule has 1 heterocycles. The Balaban J connectivity index is 2.06.